The van der Waals surface area contributed by atoms with E-state index >= 15 is 0 Å². The summed E-state index contributed by atoms with van der Waals surface area (Å²) in [5, 5.41) is 2.61. The normalized spacial score (nSPS) is 18.1. The van der Waals surface area contributed by atoms with Crippen LogP contribution in [0.15, 0.2) is 18.3 Å². The molecule has 110 valence electrons. The number of thioether (sulfide) groups is 1. The fourth-order valence-corrected chi connectivity index (χ4v) is 3.44. The van der Waals surface area contributed by atoms with Crippen molar-refractivity contribution in [1.29, 1.82) is 0 Å². The molecule has 2 amide bonds. The molecule has 1 N–H and O–H groups in total. The predicted octanol–water partition coefficient (Wildman–Crippen LogP) is 1.35. The highest BCUT2D eigenvalue weighted by Gasteiger charge is 2.32. The van der Waals surface area contributed by atoms with E-state index in [1.807, 2.05) is 29.9 Å². The molecule has 1 unspecified atom stereocenters. The molecule has 20 heavy (non-hydrogen) atoms. The monoisotopic (exact) mass is 297 g/mol. The Hall–Kier alpha value is -1.63. The van der Waals surface area contributed by atoms with Crippen LogP contribution in [0.5, 0.6) is 0 Å². The summed E-state index contributed by atoms with van der Waals surface area (Å²) in [5.41, 5.74) is 1.08. The van der Waals surface area contributed by atoms with Crippen molar-refractivity contribution in [3.63, 3.8) is 0 Å². The number of hydrogen-bond donors (Lipinski definition) is 1. The average Bonchev–Trinajstić information content (AvgIpc) is 3.04. The lowest BCUT2D eigenvalue weighted by molar-refractivity contribution is -0.141. The Bertz CT molecular complexity index is 489. The van der Waals surface area contributed by atoms with Gasteiger partial charge < -0.3 is 19.5 Å². The number of amides is 2. The molecule has 0 aromatic carbocycles. The Balaban J connectivity index is 1.95. The van der Waals surface area contributed by atoms with Crippen LogP contribution in [0, 0.1) is 0 Å². The molecular weight excluding hydrogens is 278 g/mol. The number of esters is 1. The maximum absolute atomic E-state index is 12.2. The molecule has 6 nitrogen and oxygen atoms in total. The molecule has 1 fully saturated rings. The zero-order chi connectivity index (χ0) is 14.5. The molecule has 0 radical (unpaired) electrons. The van der Waals surface area contributed by atoms with Crippen molar-refractivity contribution in [3.8, 4) is 0 Å². The fraction of sp³-hybridized carbons (Fsp3) is 0.538. The minimum absolute atomic E-state index is 0.00260. The quantitative estimate of drug-likeness (QED) is 0.852. The third-order valence-corrected chi connectivity index (χ3v) is 4.31. The van der Waals surface area contributed by atoms with Gasteiger partial charge in [-0.25, -0.2) is 4.79 Å². The van der Waals surface area contributed by atoms with E-state index in [1.165, 1.54) is 0 Å². The van der Waals surface area contributed by atoms with Crippen LogP contribution in [-0.2, 0) is 16.6 Å². The van der Waals surface area contributed by atoms with E-state index in [2.05, 4.69) is 5.32 Å². The lowest BCUT2D eigenvalue weighted by Gasteiger charge is -2.24. The van der Waals surface area contributed by atoms with Gasteiger partial charge in [0.1, 0.15) is 11.9 Å². The topological polar surface area (TPSA) is 63.6 Å². The third-order valence-electron chi connectivity index (χ3n) is 3.08. The Morgan fingerprint density at radius 3 is 3.00 bits per heavy atom. The number of rotatable bonds is 4. The highest BCUT2D eigenvalue weighted by atomic mass is 32.2. The van der Waals surface area contributed by atoms with Crippen LogP contribution in [0.25, 0.3) is 0 Å². The van der Waals surface area contributed by atoms with Crippen LogP contribution in [0.2, 0.25) is 0 Å². The molecule has 0 spiro atoms. The minimum atomic E-state index is -0.414. The number of hydrogen-bond acceptors (Lipinski definition) is 4. The van der Waals surface area contributed by atoms with Gasteiger partial charge in [0.05, 0.1) is 12.3 Å². The predicted molar refractivity (Wildman–Crippen MR) is 77.3 cm³/mol. The highest BCUT2D eigenvalue weighted by molar-refractivity contribution is 7.99. The summed E-state index contributed by atoms with van der Waals surface area (Å²) < 4.78 is 6.80. The largest absolute Gasteiger partial charge is 0.465 e. The Labute approximate surface area is 122 Å². The van der Waals surface area contributed by atoms with Crippen molar-refractivity contribution in [2.24, 2.45) is 7.05 Å². The number of carbonyl (C=O) groups is 2. The van der Waals surface area contributed by atoms with E-state index in [4.69, 9.17) is 4.74 Å². The smallest absolute Gasteiger partial charge is 0.325 e. The van der Waals surface area contributed by atoms with Gasteiger partial charge >= 0.3 is 12.0 Å². The van der Waals surface area contributed by atoms with Crippen molar-refractivity contribution in [2.75, 3.05) is 25.4 Å². The second-order valence-electron chi connectivity index (χ2n) is 4.42. The fourth-order valence-electron chi connectivity index (χ4n) is 2.12. The van der Waals surface area contributed by atoms with E-state index in [1.54, 1.807) is 23.6 Å². The summed E-state index contributed by atoms with van der Waals surface area (Å²) >= 11 is 1.72. The first-order valence-electron chi connectivity index (χ1n) is 6.56. The molecular formula is C13H19N3O3S. The van der Waals surface area contributed by atoms with E-state index in [-0.39, 0.29) is 17.9 Å². The van der Waals surface area contributed by atoms with E-state index in [9.17, 15) is 9.59 Å². The van der Waals surface area contributed by atoms with Gasteiger partial charge in [-0.3, -0.25) is 4.79 Å². The molecule has 1 atom stereocenters. The van der Waals surface area contributed by atoms with Gasteiger partial charge in [0, 0.05) is 25.5 Å². The van der Waals surface area contributed by atoms with Crippen LogP contribution in [0.1, 0.15) is 18.0 Å². The van der Waals surface area contributed by atoms with Gasteiger partial charge in [-0.2, -0.15) is 0 Å². The van der Waals surface area contributed by atoms with Crippen LogP contribution >= 0.6 is 11.8 Å². The molecule has 7 heteroatoms. The van der Waals surface area contributed by atoms with Gasteiger partial charge in [-0.05, 0) is 19.1 Å². The first kappa shape index (κ1) is 14.8. The van der Waals surface area contributed by atoms with Crippen molar-refractivity contribution < 1.29 is 14.3 Å². The molecule has 2 rings (SSSR count). The number of nitrogens with zero attached hydrogens (tertiary/aromatic N) is 2. The summed E-state index contributed by atoms with van der Waals surface area (Å²) in [6.07, 6.45) is 1.96. The molecule has 1 aliphatic heterocycles. The Morgan fingerprint density at radius 2 is 2.35 bits per heavy atom. The molecule has 0 saturated carbocycles. The van der Waals surface area contributed by atoms with Crippen LogP contribution in [-0.4, -0.2) is 46.9 Å². The average molecular weight is 297 g/mol. The number of carbonyl (C=O) groups excluding carboxylic acids is 2. The van der Waals surface area contributed by atoms with Crippen LogP contribution in [0.3, 0.4) is 0 Å². The third kappa shape index (κ3) is 3.27. The summed E-state index contributed by atoms with van der Waals surface area (Å²) in [4.78, 5) is 25.2. The van der Waals surface area contributed by atoms with Gasteiger partial charge in [0.25, 0.3) is 0 Å². The Morgan fingerprint density at radius 1 is 1.55 bits per heavy atom. The van der Waals surface area contributed by atoms with E-state index < -0.39 is 5.97 Å². The van der Waals surface area contributed by atoms with Crippen molar-refractivity contribution >= 4 is 23.8 Å². The van der Waals surface area contributed by atoms with Crippen molar-refractivity contribution in [2.45, 2.75) is 12.3 Å². The lowest BCUT2D eigenvalue weighted by atomic mass is 10.4. The first-order valence-corrected chi connectivity index (χ1v) is 7.61. The highest BCUT2D eigenvalue weighted by Crippen LogP contribution is 2.37. The minimum Gasteiger partial charge on any atom is -0.465 e. The molecule has 0 aliphatic carbocycles. The van der Waals surface area contributed by atoms with E-state index in [0.29, 0.717) is 13.2 Å². The summed E-state index contributed by atoms with van der Waals surface area (Å²) in [6, 6.07) is 3.74. The number of urea groups is 1. The van der Waals surface area contributed by atoms with Crippen molar-refractivity contribution in [1.82, 2.24) is 14.8 Å². The van der Waals surface area contributed by atoms with Gasteiger partial charge in [-0.15, -0.1) is 11.8 Å². The lowest BCUT2D eigenvalue weighted by Crippen LogP contribution is -2.42. The Kier molecular flexibility index (Phi) is 4.94. The maximum atomic E-state index is 12.2. The first-order chi connectivity index (χ1) is 9.63. The summed E-state index contributed by atoms with van der Waals surface area (Å²) in [7, 11) is 1.96. The number of nitrogens with one attached hydrogen (secondary N) is 1. The summed E-state index contributed by atoms with van der Waals surface area (Å²) in [6.45, 7) is 2.64. The zero-order valence-corrected chi connectivity index (χ0v) is 12.5. The zero-order valence-electron chi connectivity index (χ0n) is 11.7. The van der Waals surface area contributed by atoms with Gasteiger partial charge in [-0.1, -0.05) is 0 Å². The van der Waals surface area contributed by atoms with Crippen LogP contribution < -0.4 is 5.32 Å². The number of ether oxygens (including phenoxy) is 1. The van der Waals surface area contributed by atoms with Gasteiger partial charge in [0.2, 0.25) is 0 Å². The molecule has 1 aliphatic rings. The van der Waals surface area contributed by atoms with Gasteiger partial charge in [0.15, 0.2) is 0 Å². The maximum Gasteiger partial charge on any atom is 0.325 e. The molecule has 2 heterocycles. The van der Waals surface area contributed by atoms with E-state index in [0.717, 1.165) is 11.4 Å². The second-order valence-corrected chi connectivity index (χ2v) is 5.61. The van der Waals surface area contributed by atoms with Crippen LogP contribution in [0.4, 0.5) is 4.79 Å². The molecule has 1 saturated heterocycles. The standard InChI is InChI=1S/C13H19N3O3S/c1-3-19-11(17)9-14-13(18)16-7-8-20-12(16)10-5-4-6-15(10)2/h4-6,12H,3,7-9H2,1-2H3,(H,14,18). The van der Waals surface area contributed by atoms with Crippen molar-refractivity contribution in [3.05, 3.63) is 24.0 Å². The summed E-state index contributed by atoms with van der Waals surface area (Å²) in [5.74, 6) is 0.478. The molecule has 1 aromatic rings. The second kappa shape index (κ2) is 6.69. The number of aryl methyl sites for hydroxylation is 1. The molecule has 0 bridgehead atoms. The molecule has 1 aromatic heterocycles. The SMILES string of the molecule is CCOC(=O)CNC(=O)N1CCSC1c1cccn1C. The number of aromatic nitrogens is 1.